The predicted molar refractivity (Wildman–Crippen MR) is 66.8 cm³/mol. The van der Waals surface area contributed by atoms with Gasteiger partial charge in [0.25, 0.3) is 0 Å². The Bertz CT molecular complexity index is 388. The van der Waals surface area contributed by atoms with E-state index in [1.54, 1.807) is 11.3 Å². The molecule has 1 amide bonds. The molecule has 1 aromatic rings. The number of nitrogens with one attached hydrogen (secondary N) is 1. The Morgan fingerprint density at radius 3 is 2.88 bits per heavy atom. The molecule has 88 valence electrons. The molecule has 0 saturated heterocycles. The van der Waals surface area contributed by atoms with Crippen molar-refractivity contribution in [3.63, 3.8) is 0 Å². The number of fused-ring (bicyclic) bond motifs is 1. The van der Waals surface area contributed by atoms with Crippen LogP contribution in [0, 0.1) is 5.41 Å². The van der Waals surface area contributed by atoms with Crippen LogP contribution >= 0.6 is 11.3 Å². The Hall–Kier alpha value is -0.900. The standard InChI is InChI=1S/C12H18N2OS/c1-4-12(2,3)10(15)14-11-13-8-6-5-7-9(8)16-11/h4-7H2,1-3H3,(H,13,14,15). The Morgan fingerprint density at radius 2 is 2.25 bits per heavy atom. The van der Waals surface area contributed by atoms with E-state index in [2.05, 4.69) is 10.3 Å². The first-order valence-corrected chi connectivity index (χ1v) is 6.64. The molecule has 1 aliphatic carbocycles. The highest BCUT2D eigenvalue weighted by Gasteiger charge is 2.27. The number of aryl methyl sites for hydroxylation is 2. The van der Waals surface area contributed by atoms with Crippen LogP contribution in [0.3, 0.4) is 0 Å². The Morgan fingerprint density at radius 1 is 1.50 bits per heavy atom. The number of rotatable bonds is 3. The number of carbonyl (C=O) groups is 1. The van der Waals surface area contributed by atoms with E-state index in [9.17, 15) is 4.79 Å². The Kier molecular flexibility index (Phi) is 3.02. The summed E-state index contributed by atoms with van der Waals surface area (Å²) in [5.74, 6) is 0.0717. The second-order valence-electron chi connectivity index (χ2n) is 4.93. The van der Waals surface area contributed by atoms with Crippen molar-refractivity contribution in [1.29, 1.82) is 0 Å². The van der Waals surface area contributed by atoms with Crippen LogP contribution in [0.15, 0.2) is 0 Å². The summed E-state index contributed by atoms with van der Waals surface area (Å²) in [5, 5.41) is 3.71. The van der Waals surface area contributed by atoms with Gasteiger partial charge in [-0.1, -0.05) is 20.8 Å². The molecule has 3 nitrogen and oxygen atoms in total. The fourth-order valence-electron chi connectivity index (χ4n) is 1.67. The highest BCUT2D eigenvalue weighted by Crippen LogP contribution is 2.31. The van der Waals surface area contributed by atoms with Gasteiger partial charge >= 0.3 is 0 Å². The van der Waals surface area contributed by atoms with Gasteiger partial charge in [0.1, 0.15) is 0 Å². The van der Waals surface area contributed by atoms with Crippen LogP contribution in [0.5, 0.6) is 0 Å². The molecule has 1 N–H and O–H groups in total. The SMILES string of the molecule is CCC(C)(C)C(=O)Nc1nc2c(s1)CCC2. The van der Waals surface area contributed by atoms with Crippen LogP contribution < -0.4 is 5.32 Å². The van der Waals surface area contributed by atoms with Gasteiger partial charge < -0.3 is 5.32 Å². The second-order valence-corrected chi connectivity index (χ2v) is 6.02. The molecule has 0 saturated carbocycles. The summed E-state index contributed by atoms with van der Waals surface area (Å²) in [6.07, 6.45) is 4.24. The maximum absolute atomic E-state index is 11.9. The first-order valence-electron chi connectivity index (χ1n) is 5.83. The van der Waals surface area contributed by atoms with Gasteiger partial charge in [-0.25, -0.2) is 4.98 Å². The monoisotopic (exact) mass is 238 g/mol. The number of anilines is 1. The van der Waals surface area contributed by atoms with Gasteiger partial charge in [-0.15, -0.1) is 11.3 Å². The molecule has 1 aliphatic rings. The van der Waals surface area contributed by atoms with Gasteiger partial charge in [0.05, 0.1) is 5.69 Å². The minimum Gasteiger partial charge on any atom is -0.301 e. The van der Waals surface area contributed by atoms with Crippen LogP contribution in [0.2, 0.25) is 0 Å². The van der Waals surface area contributed by atoms with Crippen LogP contribution in [0.4, 0.5) is 5.13 Å². The predicted octanol–water partition coefficient (Wildman–Crippen LogP) is 3.01. The highest BCUT2D eigenvalue weighted by molar-refractivity contribution is 7.15. The van der Waals surface area contributed by atoms with E-state index < -0.39 is 0 Å². The van der Waals surface area contributed by atoms with Crippen molar-refractivity contribution in [2.24, 2.45) is 5.41 Å². The van der Waals surface area contributed by atoms with E-state index in [4.69, 9.17) is 0 Å². The van der Waals surface area contributed by atoms with E-state index >= 15 is 0 Å². The van der Waals surface area contributed by atoms with Crippen molar-refractivity contribution in [2.75, 3.05) is 5.32 Å². The molecule has 16 heavy (non-hydrogen) atoms. The molecule has 4 heteroatoms. The molecule has 1 aromatic heterocycles. The normalized spacial score (nSPS) is 14.9. The molecular weight excluding hydrogens is 220 g/mol. The molecule has 0 fully saturated rings. The van der Waals surface area contributed by atoms with Gasteiger partial charge in [-0.05, 0) is 25.7 Å². The number of amides is 1. The summed E-state index contributed by atoms with van der Waals surface area (Å²) in [4.78, 5) is 17.8. The third-order valence-corrected chi connectivity index (χ3v) is 4.39. The summed E-state index contributed by atoms with van der Waals surface area (Å²) in [6, 6.07) is 0. The van der Waals surface area contributed by atoms with Gasteiger partial charge in [0.2, 0.25) is 5.91 Å². The van der Waals surface area contributed by atoms with Crippen LogP contribution in [0.1, 0.15) is 44.2 Å². The minimum absolute atomic E-state index is 0.0717. The van der Waals surface area contributed by atoms with Gasteiger partial charge in [-0.2, -0.15) is 0 Å². The van der Waals surface area contributed by atoms with Gasteiger partial charge in [0, 0.05) is 10.3 Å². The van der Waals surface area contributed by atoms with Gasteiger partial charge in [-0.3, -0.25) is 4.79 Å². The maximum Gasteiger partial charge on any atom is 0.231 e. The molecule has 1 heterocycles. The zero-order chi connectivity index (χ0) is 11.8. The van der Waals surface area contributed by atoms with Crippen LogP contribution in [-0.4, -0.2) is 10.9 Å². The van der Waals surface area contributed by atoms with E-state index in [-0.39, 0.29) is 11.3 Å². The minimum atomic E-state index is -0.309. The average molecular weight is 238 g/mol. The highest BCUT2D eigenvalue weighted by atomic mass is 32.1. The third kappa shape index (κ3) is 2.12. The number of hydrogen-bond acceptors (Lipinski definition) is 3. The maximum atomic E-state index is 11.9. The zero-order valence-corrected chi connectivity index (χ0v) is 10.9. The number of nitrogens with zero attached hydrogens (tertiary/aromatic N) is 1. The van der Waals surface area contributed by atoms with E-state index in [0.29, 0.717) is 0 Å². The quantitative estimate of drug-likeness (QED) is 0.879. The molecule has 0 spiro atoms. The van der Waals surface area contributed by atoms with E-state index in [0.717, 1.165) is 24.4 Å². The lowest BCUT2D eigenvalue weighted by Crippen LogP contribution is -2.29. The topological polar surface area (TPSA) is 42.0 Å². The fourth-order valence-corrected chi connectivity index (χ4v) is 2.72. The third-order valence-electron chi connectivity index (χ3n) is 3.31. The summed E-state index contributed by atoms with van der Waals surface area (Å²) in [5.41, 5.74) is 0.880. The number of carbonyl (C=O) groups excluding carboxylic acids is 1. The molecule has 0 bridgehead atoms. The van der Waals surface area contributed by atoms with Gasteiger partial charge in [0.15, 0.2) is 5.13 Å². The number of aromatic nitrogens is 1. The summed E-state index contributed by atoms with van der Waals surface area (Å²) in [6.45, 7) is 5.95. The number of hydrogen-bond donors (Lipinski definition) is 1. The second kappa shape index (κ2) is 4.17. The lowest BCUT2D eigenvalue weighted by atomic mass is 9.89. The van der Waals surface area contributed by atoms with Crippen molar-refractivity contribution in [3.05, 3.63) is 10.6 Å². The fraction of sp³-hybridized carbons (Fsp3) is 0.667. The molecule has 0 aromatic carbocycles. The summed E-state index contributed by atoms with van der Waals surface area (Å²) < 4.78 is 0. The van der Waals surface area contributed by atoms with Crippen molar-refractivity contribution < 1.29 is 4.79 Å². The molecule has 2 rings (SSSR count). The molecular formula is C12H18N2OS. The van der Waals surface area contributed by atoms with Crippen LogP contribution in [-0.2, 0) is 17.6 Å². The molecule has 0 radical (unpaired) electrons. The number of thiazole rings is 1. The Labute approximate surface area is 100 Å². The molecule has 0 aliphatic heterocycles. The largest absolute Gasteiger partial charge is 0.301 e. The summed E-state index contributed by atoms with van der Waals surface area (Å²) >= 11 is 1.63. The first-order chi connectivity index (χ1) is 7.53. The van der Waals surface area contributed by atoms with E-state index in [1.165, 1.54) is 17.0 Å². The van der Waals surface area contributed by atoms with Crippen molar-refractivity contribution >= 4 is 22.4 Å². The van der Waals surface area contributed by atoms with E-state index in [1.807, 2.05) is 20.8 Å². The van der Waals surface area contributed by atoms with Crippen molar-refractivity contribution in [3.8, 4) is 0 Å². The smallest absolute Gasteiger partial charge is 0.231 e. The summed E-state index contributed by atoms with van der Waals surface area (Å²) in [7, 11) is 0. The van der Waals surface area contributed by atoms with Crippen molar-refractivity contribution in [2.45, 2.75) is 46.5 Å². The average Bonchev–Trinajstić information content (AvgIpc) is 2.77. The lowest BCUT2D eigenvalue weighted by Gasteiger charge is -2.20. The van der Waals surface area contributed by atoms with Crippen LogP contribution in [0.25, 0.3) is 0 Å². The zero-order valence-electron chi connectivity index (χ0n) is 10.1. The Balaban J connectivity index is 2.07. The lowest BCUT2D eigenvalue weighted by molar-refractivity contribution is -0.124. The molecule has 0 unspecified atom stereocenters. The van der Waals surface area contributed by atoms with Crippen molar-refractivity contribution in [1.82, 2.24) is 4.98 Å². The molecule has 0 atom stereocenters. The first kappa shape index (κ1) is 11.6.